The molecular formula is C26H28FN3O3S. The van der Waals surface area contributed by atoms with Crippen molar-refractivity contribution >= 4 is 26.8 Å². The molecular weight excluding hydrogens is 453 g/mol. The number of nitrogens with zero attached hydrogens (tertiary/aromatic N) is 3. The van der Waals surface area contributed by atoms with Gasteiger partial charge in [-0.1, -0.05) is 24.3 Å². The van der Waals surface area contributed by atoms with Crippen LogP contribution in [0.15, 0.2) is 59.6 Å². The van der Waals surface area contributed by atoms with Crippen LogP contribution in [0.3, 0.4) is 0 Å². The minimum Gasteiger partial charge on any atom is -0.335 e. The quantitative estimate of drug-likeness (QED) is 0.552. The number of carbonyl (C=O) groups is 1. The largest absolute Gasteiger partial charge is 0.335 e. The van der Waals surface area contributed by atoms with E-state index in [9.17, 15) is 17.6 Å². The van der Waals surface area contributed by atoms with Crippen LogP contribution < -0.4 is 0 Å². The van der Waals surface area contributed by atoms with E-state index in [-0.39, 0.29) is 28.6 Å². The monoisotopic (exact) mass is 481 g/mol. The molecule has 5 rings (SSSR count). The summed E-state index contributed by atoms with van der Waals surface area (Å²) in [5.41, 5.74) is 2.40. The summed E-state index contributed by atoms with van der Waals surface area (Å²) >= 11 is 0. The molecule has 2 aliphatic heterocycles. The lowest BCUT2D eigenvalue weighted by Crippen LogP contribution is -2.44. The average Bonchev–Trinajstić information content (AvgIpc) is 3.33. The number of fused-ring (bicyclic) bond motifs is 1. The van der Waals surface area contributed by atoms with Gasteiger partial charge in [0.05, 0.1) is 11.6 Å². The van der Waals surface area contributed by atoms with Gasteiger partial charge in [0.2, 0.25) is 15.9 Å². The van der Waals surface area contributed by atoms with Gasteiger partial charge in [0.25, 0.3) is 0 Å². The number of sulfonamides is 1. The highest BCUT2D eigenvalue weighted by atomic mass is 32.2. The molecule has 0 unspecified atom stereocenters. The second-order valence-corrected chi connectivity index (χ2v) is 11.2. The number of para-hydroxylation sites is 1. The number of benzene rings is 2. The van der Waals surface area contributed by atoms with Gasteiger partial charge in [-0.05, 0) is 68.0 Å². The van der Waals surface area contributed by atoms with Crippen molar-refractivity contribution in [2.24, 2.45) is 5.92 Å². The molecule has 3 aromatic rings. The van der Waals surface area contributed by atoms with Gasteiger partial charge < -0.3 is 4.90 Å². The number of aryl methyl sites for hydroxylation is 1. The lowest BCUT2D eigenvalue weighted by molar-refractivity contribution is -0.137. The first-order valence-electron chi connectivity index (χ1n) is 11.8. The number of hydrogen-bond acceptors (Lipinski definition) is 4. The van der Waals surface area contributed by atoms with Crippen molar-refractivity contribution in [3.8, 4) is 0 Å². The highest BCUT2D eigenvalue weighted by molar-refractivity contribution is 7.89. The Labute approximate surface area is 199 Å². The Kier molecular flexibility index (Phi) is 6.12. The lowest BCUT2D eigenvalue weighted by Gasteiger charge is -2.34. The number of rotatable bonds is 4. The van der Waals surface area contributed by atoms with E-state index in [2.05, 4.69) is 4.98 Å². The zero-order chi connectivity index (χ0) is 23.9. The van der Waals surface area contributed by atoms with E-state index >= 15 is 0 Å². The predicted octanol–water partition coefficient (Wildman–Crippen LogP) is 4.45. The Morgan fingerprint density at radius 2 is 1.76 bits per heavy atom. The van der Waals surface area contributed by atoms with Gasteiger partial charge in [-0.3, -0.25) is 9.78 Å². The van der Waals surface area contributed by atoms with E-state index in [0.29, 0.717) is 38.0 Å². The van der Waals surface area contributed by atoms with E-state index in [0.717, 1.165) is 29.4 Å². The molecule has 6 nitrogen and oxygen atoms in total. The molecule has 0 radical (unpaired) electrons. The number of hydrogen-bond donors (Lipinski definition) is 0. The Hall–Kier alpha value is -2.84. The first kappa shape index (κ1) is 22.9. The van der Waals surface area contributed by atoms with Crippen LogP contribution in [0, 0.1) is 18.7 Å². The van der Waals surface area contributed by atoms with Crippen LogP contribution in [0.25, 0.3) is 10.9 Å². The van der Waals surface area contributed by atoms with Crippen LogP contribution in [0.1, 0.15) is 42.9 Å². The van der Waals surface area contributed by atoms with Gasteiger partial charge in [0.1, 0.15) is 10.7 Å². The molecule has 34 heavy (non-hydrogen) atoms. The number of aromatic nitrogens is 1. The predicted molar refractivity (Wildman–Crippen MR) is 128 cm³/mol. The van der Waals surface area contributed by atoms with E-state index in [1.807, 2.05) is 24.0 Å². The van der Waals surface area contributed by atoms with Crippen LogP contribution in [0.5, 0.6) is 0 Å². The van der Waals surface area contributed by atoms with Gasteiger partial charge >= 0.3 is 0 Å². The molecule has 0 aliphatic carbocycles. The summed E-state index contributed by atoms with van der Waals surface area (Å²) in [6.07, 6.45) is 4.43. The third kappa shape index (κ3) is 4.20. The highest BCUT2D eigenvalue weighted by Gasteiger charge is 2.38. The molecule has 1 amide bonds. The second-order valence-electron chi connectivity index (χ2n) is 9.26. The van der Waals surface area contributed by atoms with E-state index in [4.69, 9.17) is 0 Å². The smallest absolute Gasteiger partial charge is 0.245 e. The van der Waals surface area contributed by atoms with Crippen LogP contribution in [0.4, 0.5) is 4.39 Å². The Bertz CT molecular complexity index is 1320. The fraction of sp³-hybridized carbons (Fsp3) is 0.385. The third-order valence-electron chi connectivity index (χ3n) is 7.02. The van der Waals surface area contributed by atoms with Gasteiger partial charge in [0.15, 0.2) is 0 Å². The topological polar surface area (TPSA) is 70.6 Å². The maximum absolute atomic E-state index is 13.4. The Morgan fingerprint density at radius 1 is 1.03 bits per heavy atom. The van der Waals surface area contributed by atoms with Gasteiger partial charge in [-0.15, -0.1) is 0 Å². The Balaban J connectivity index is 1.30. The summed E-state index contributed by atoms with van der Waals surface area (Å²) in [5.74, 6) is -0.420. The lowest BCUT2D eigenvalue weighted by atomic mass is 9.95. The fourth-order valence-electron chi connectivity index (χ4n) is 5.23. The summed E-state index contributed by atoms with van der Waals surface area (Å²) in [6, 6.07) is 13.5. The Morgan fingerprint density at radius 3 is 2.50 bits per heavy atom. The second kappa shape index (κ2) is 9.07. The average molecular weight is 482 g/mol. The van der Waals surface area contributed by atoms with Crippen molar-refractivity contribution in [1.82, 2.24) is 14.2 Å². The molecule has 1 aromatic heterocycles. The molecule has 1 atom stereocenters. The summed E-state index contributed by atoms with van der Waals surface area (Å²) in [6.45, 7) is 3.21. The standard InChI is InChI=1S/C26H28FN3O3S/c1-18-16-21-4-2-6-24(25(21)28-17-18)34(32,33)29-14-11-20(12-15-29)26(31)30-13-3-5-23(30)19-7-9-22(27)10-8-19/h2,4,6-10,16-17,20,23H,3,5,11-15H2,1H3/t23-/m0/s1. The molecule has 2 aromatic carbocycles. The van der Waals surface area contributed by atoms with E-state index in [1.165, 1.54) is 16.4 Å². The van der Waals surface area contributed by atoms with Crippen molar-refractivity contribution in [2.45, 2.75) is 43.5 Å². The highest BCUT2D eigenvalue weighted by Crippen LogP contribution is 2.35. The normalized spacial score (nSPS) is 20.2. The molecule has 2 saturated heterocycles. The molecule has 3 heterocycles. The van der Waals surface area contributed by atoms with Gasteiger partial charge in [-0.2, -0.15) is 4.31 Å². The van der Waals surface area contributed by atoms with Crippen LogP contribution in [0.2, 0.25) is 0 Å². The van der Waals surface area contributed by atoms with Crippen molar-refractivity contribution in [3.05, 3.63) is 71.7 Å². The third-order valence-corrected chi connectivity index (χ3v) is 8.95. The summed E-state index contributed by atoms with van der Waals surface area (Å²) < 4.78 is 41.7. The summed E-state index contributed by atoms with van der Waals surface area (Å²) in [5, 5.41) is 0.798. The van der Waals surface area contributed by atoms with Gasteiger partial charge in [0, 0.05) is 37.1 Å². The molecule has 0 saturated carbocycles. The number of halogens is 1. The molecule has 0 bridgehead atoms. The molecule has 178 valence electrons. The molecule has 2 aliphatic rings. The van der Waals surface area contributed by atoms with E-state index in [1.54, 1.807) is 30.5 Å². The number of carbonyl (C=O) groups excluding carboxylic acids is 1. The minimum absolute atomic E-state index is 0.0416. The molecule has 0 N–H and O–H groups in total. The molecule has 2 fully saturated rings. The zero-order valence-electron chi connectivity index (χ0n) is 19.2. The van der Waals surface area contributed by atoms with Crippen LogP contribution >= 0.6 is 0 Å². The van der Waals surface area contributed by atoms with Crippen molar-refractivity contribution in [2.75, 3.05) is 19.6 Å². The molecule has 0 spiro atoms. The summed E-state index contributed by atoms with van der Waals surface area (Å²) in [4.78, 5) is 19.9. The number of piperidine rings is 1. The minimum atomic E-state index is -3.72. The maximum atomic E-state index is 13.4. The van der Waals surface area contributed by atoms with Crippen molar-refractivity contribution in [1.29, 1.82) is 0 Å². The maximum Gasteiger partial charge on any atom is 0.245 e. The van der Waals surface area contributed by atoms with Gasteiger partial charge in [-0.25, -0.2) is 12.8 Å². The molecule has 8 heteroatoms. The number of amides is 1. The van der Waals surface area contributed by atoms with E-state index < -0.39 is 10.0 Å². The fourth-order valence-corrected chi connectivity index (χ4v) is 6.86. The zero-order valence-corrected chi connectivity index (χ0v) is 20.0. The first-order valence-corrected chi connectivity index (χ1v) is 13.2. The van der Waals surface area contributed by atoms with Crippen LogP contribution in [-0.2, 0) is 14.8 Å². The van der Waals surface area contributed by atoms with Crippen molar-refractivity contribution < 1.29 is 17.6 Å². The number of pyridine rings is 1. The summed E-state index contributed by atoms with van der Waals surface area (Å²) in [7, 11) is -3.72. The van der Waals surface area contributed by atoms with Crippen LogP contribution in [-0.4, -0.2) is 48.1 Å². The number of likely N-dealkylation sites (tertiary alicyclic amines) is 1. The first-order chi connectivity index (χ1) is 16.3. The SMILES string of the molecule is Cc1cnc2c(S(=O)(=O)N3CCC(C(=O)N4CCC[C@H]4c4ccc(F)cc4)CC3)cccc2c1. The van der Waals surface area contributed by atoms with Crippen molar-refractivity contribution in [3.63, 3.8) is 0 Å².